The van der Waals surface area contributed by atoms with E-state index in [-0.39, 0.29) is 11.5 Å². The van der Waals surface area contributed by atoms with Gasteiger partial charge in [0.15, 0.2) is 0 Å². The van der Waals surface area contributed by atoms with Gasteiger partial charge in [-0.1, -0.05) is 27.2 Å². The first kappa shape index (κ1) is 15.9. The Morgan fingerprint density at radius 2 is 2.11 bits per heavy atom. The number of hydrogen-bond donors (Lipinski definition) is 1. The molecule has 0 aromatic heterocycles. The van der Waals surface area contributed by atoms with Crippen molar-refractivity contribution in [2.45, 2.75) is 71.6 Å². The molecule has 1 rings (SSSR count). The van der Waals surface area contributed by atoms with Gasteiger partial charge in [0.2, 0.25) is 0 Å². The van der Waals surface area contributed by atoms with Crippen molar-refractivity contribution in [1.82, 2.24) is 4.90 Å². The van der Waals surface area contributed by atoms with E-state index >= 15 is 0 Å². The van der Waals surface area contributed by atoms with E-state index < -0.39 is 0 Å². The van der Waals surface area contributed by atoms with E-state index in [1.54, 1.807) is 7.11 Å². The number of hydrogen-bond acceptors (Lipinski definition) is 3. The fraction of sp³-hybridized carbons (Fsp3) is 1.00. The van der Waals surface area contributed by atoms with Crippen molar-refractivity contribution in [1.29, 1.82) is 0 Å². The quantitative estimate of drug-likeness (QED) is 0.794. The molecule has 3 nitrogen and oxygen atoms in total. The number of nitrogens with zero attached hydrogens (tertiary/aromatic N) is 1. The summed E-state index contributed by atoms with van der Waals surface area (Å²) in [5, 5.41) is 10.6. The Hall–Kier alpha value is -0.120. The van der Waals surface area contributed by atoms with E-state index in [2.05, 4.69) is 32.6 Å². The van der Waals surface area contributed by atoms with E-state index in [4.69, 9.17) is 4.74 Å². The third kappa shape index (κ3) is 3.69. The monoisotopic (exact) mass is 257 g/mol. The van der Waals surface area contributed by atoms with Gasteiger partial charge in [-0.3, -0.25) is 4.90 Å². The van der Waals surface area contributed by atoms with Crippen LogP contribution in [0.1, 0.15) is 53.4 Å². The first-order valence-electron chi connectivity index (χ1n) is 7.36. The summed E-state index contributed by atoms with van der Waals surface area (Å²) in [5.74, 6) is 0. The maximum atomic E-state index is 10.6. The maximum Gasteiger partial charge on any atom is 0.0746 e. The van der Waals surface area contributed by atoms with Crippen LogP contribution in [0.5, 0.6) is 0 Å². The van der Waals surface area contributed by atoms with Gasteiger partial charge in [0.05, 0.1) is 12.7 Å². The predicted octanol–water partition coefficient (Wildman–Crippen LogP) is 2.67. The molecule has 0 heterocycles. The molecule has 0 aromatic rings. The average molecular weight is 257 g/mol. The van der Waals surface area contributed by atoms with Gasteiger partial charge in [0.1, 0.15) is 0 Å². The van der Waals surface area contributed by atoms with Crippen molar-refractivity contribution in [3.8, 4) is 0 Å². The van der Waals surface area contributed by atoms with E-state index in [1.165, 1.54) is 6.42 Å². The van der Waals surface area contributed by atoms with E-state index in [0.29, 0.717) is 12.1 Å². The van der Waals surface area contributed by atoms with Crippen molar-refractivity contribution in [3.63, 3.8) is 0 Å². The van der Waals surface area contributed by atoms with Crippen molar-refractivity contribution < 1.29 is 9.84 Å². The minimum absolute atomic E-state index is 0.0434. The Balaban J connectivity index is 2.76. The third-order valence-electron chi connectivity index (χ3n) is 4.62. The molecule has 0 amide bonds. The summed E-state index contributed by atoms with van der Waals surface area (Å²) >= 11 is 0. The van der Waals surface area contributed by atoms with Crippen LogP contribution in [0, 0.1) is 5.41 Å². The smallest absolute Gasteiger partial charge is 0.0746 e. The van der Waals surface area contributed by atoms with E-state index in [1.807, 2.05) is 0 Å². The predicted molar refractivity (Wildman–Crippen MR) is 75.8 cm³/mol. The van der Waals surface area contributed by atoms with Crippen LogP contribution in [-0.4, -0.2) is 48.5 Å². The lowest BCUT2D eigenvalue weighted by Gasteiger charge is -2.47. The molecule has 0 bridgehead atoms. The van der Waals surface area contributed by atoms with Gasteiger partial charge in [0, 0.05) is 25.7 Å². The minimum Gasteiger partial charge on any atom is -0.391 e. The van der Waals surface area contributed by atoms with Crippen LogP contribution >= 0.6 is 0 Å². The highest BCUT2D eigenvalue weighted by atomic mass is 16.5. The summed E-state index contributed by atoms with van der Waals surface area (Å²) in [7, 11) is 1.75. The Morgan fingerprint density at radius 3 is 2.67 bits per heavy atom. The number of aliphatic hydroxyl groups excluding tert-OH is 1. The lowest BCUT2D eigenvalue weighted by atomic mass is 9.72. The van der Waals surface area contributed by atoms with Crippen molar-refractivity contribution in [2.75, 3.05) is 20.3 Å². The number of methoxy groups -OCH3 is 1. The van der Waals surface area contributed by atoms with E-state index in [0.717, 1.165) is 32.4 Å². The van der Waals surface area contributed by atoms with Crippen LogP contribution < -0.4 is 0 Å². The molecule has 1 saturated carbocycles. The van der Waals surface area contributed by atoms with Gasteiger partial charge >= 0.3 is 0 Å². The largest absolute Gasteiger partial charge is 0.391 e. The Morgan fingerprint density at radius 1 is 1.44 bits per heavy atom. The molecule has 18 heavy (non-hydrogen) atoms. The lowest BCUT2D eigenvalue weighted by molar-refractivity contribution is -0.0723. The molecular formula is C15H31NO2. The van der Waals surface area contributed by atoms with Gasteiger partial charge in [-0.25, -0.2) is 0 Å². The molecule has 0 radical (unpaired) electrons. The number of ether oxygens (including phenoxy) is 1. The molecule has 3 atom stereocenters. The van der Waals surface area contributed by atoms with Crippen LogP contribution in [0.25, 0.3) is 0 Å². The molecule has 108 valence electrons. The SMILES string of the molecule is CCC(C)N(CCOC)C1CCCC(C)(C)C1O. The second-order valence-corrected chi connectivity index (χ2v) is 6.38. The highest BCUT2D eigenvalue weighted by Gasteiger charge is 2.41. The normalized spacial score (nSPS) is 29.5. The molecular weight excluding hydrogens is 226 g/mol. The molecule has 1 N–H and O–H groups in total. The zero-order valence-electron chi connectivity index (χ0n) is 12.8. The summed E-state index contributed by atoms with van der Waals surface area (Å²) in [6.07, 6.45) is 4.35. The first-order chi connectivity index (χ1) is 8.44. The topological polar surface area (TPSA) is 32.7 Å². The minimum atomic E-state index is -0.225. The lowest BCUT2D eigenvalue weighted by Crippen LogP contribution is -2.55. The highest BCUT2D eigenvalue weighted by Crippen LogP contribution is 2.38. The van der Waals surface area contributed by atoms with Crippen molar-refractivity contribution >= 4 is 0 Å². The fourth-order valence-electron chi connectivity index (χ4n) is 3.08. The number of rotatable bonds is 6. The second kappa shape index (κ2) is 6.88. The fourth-order valence-corrected chi connectivity index (χ4v) is 3.08. The molecule has 3 unspecified atom stereocenters. The summed E-state index contributed by atoms with van der Waals surface area (Å²) in [6.45, 7) is 10.5. The van der Waals surface area contributed by atoms with Crippen LogP contribution in [0.2, 0.25) is 0 Å². The molecule has 0 aromatic carbocycles. The second-order valence-electron chi connectivity index (χ2n) is 6.38. The maximum absolute atomic E-state index is 10.6. The summed E-state index contributed by atoms with van der Waals surface area (Å²) < 4.78 is 5.22. The molecule has 1 fully saturated rings. The molecule has 1 aliphatic carbocycles. The standard InChI is InChI=1S/C15H31NO2/c1-6-12(2)16(10-11-18-5)13-8-7-9-15(3,4)14(13)17/h12-14,17H,6-11H2,1-5H3. The van der Waals surface area contributed by atoms with E-state index in [9.17, 15) is 5.11 Å². The van der Waals surface area contributed by atoms with Gasteiger partial charge in [-0.15, -0.1) is 0 Å². The summed E-state index contributed by atoms with van der Waals surface area (Å²) in [5.41, 5.74) is 0.0434. The van der Waals surface area contributed by atoms with Gasteiger partial charge < -0.3 is 9.84 Å². The number of aliphatic hydroxyl groups is 1. The third-order valence-corrected chi connectivity index (χ3v) is 4.62. The van der Waals surface area contributed by atoms with Gasteiger partial charge in [-0.2, -0.15) is 0 Å². The summed E-state index contributed by atoms with van der Waals surface area (Å²) in [4.78, 5) is 2.45. The molecule has 0 aliphatic heterocycles. The van der Waals surface area contributed by atoms with Crippen LogP contribution in [0.15, 0.2) is 0 Å². The van der Waals surface area contributed by atoms with Crippen LogP contribution in [-0.2, 0) is 4.74 Å². The van der Waals surface area contributed by atoms with Crippen LogP contribution in [0.3, 0.4) is 0 Å². The zero-order chi connectivity index (χ0) is 13.8. The first-order valence-corrected chi connectivity index (χ1v) is 7.36. The molecule has 0 spiro atoms. The Kier molecular flexibility index (Phi) is 6.09. The van der Waals surface area contributed by atoms with Gasteiger partial charge in [0.25, 0.3) is 0 Å². The molecule has 0 saturated heterocycles. The average Bonchev–Trinajstić information content (AvgIpc) is 2.34. The zero-order valence-corrected chi connectivity index (χ0v) is 12.8. The summed E-state index contributed by atoms with van der Waals surface area (Å²) in [6, 6.07) is 0.799. The molecule has 3 heteroatoms. The highest BCUT2D eigenvalue weighted by molar-refractivity contribution is 4.94. The van der Waals surface area contributed by atoms with Crippen molar-refractivity contribution in [3.05, 3.63) is 0 Å². The Labute approximate surface area is 113 Å². The van der Waals surface area contributed by atoms with Gasteiger partial charge in [-0.05, 0) is 31.6 Å². The van der Waals surface area contributed by atoms with Crippen molar-refractivity contribution in [2.24, 2.45) is 5.41 Å². The van der Waals surface area contributed by atoms with Crippen LogP contribution in [0.4, 0.5) is 0 Å². The Bertz CT molecular complexity index is 243. The molecule has 1 aliphatic rings.